The summed E-state index contributed by atoms with van der Waals surface area (Å²) in [4.78, 5) is 14.6. The van der Waals surface area contributed by atoms with E-state index < -0.39 is 0 Å². The maximum atomic E-state index is 12.5. The van der Waals surface area contributed by atoms with E-state index in [1.54, 1.807) is 23.1 Å². The van der Waals surface area contributed by atoms with Crippen molar-refractivity contribution < 1.29 is 14.6 Å². The molecule has 1 aliphatic rings. The van der Waals surface area contributed by atoms with E-state index in [0.717, 1.165) is 4.47 Å². The van der Waals surface area contributed by atoms with E-state index in [0.29, 0.717) is 39.6 Å². The Morgan fingerprint density at radius 1 is 1.48 bits per heavy atom. The molecule has 7 heteroatoms. The highest BCUT2D eigenvalue weighted by molar-refractivity contribution is 9.10. The first-order chi connectivity index (χ1) is 10.8. The molecule has 2 rings (SSSR count). The Hall–Kier alpha value is -1.05. The van der Waals surface area contributed by atoms with Crippen molar-refractivity contribution in [1.82, 2.24) is 4.90 Å². The average Bonchev–Trinajstić information content (AvgIpc) is 2.71. The number of carbonyl (C=O) groups is 1. The molecule has 0 spiro atoms. The van der Waals surface area contributed by atoms with Gasteiger partial charge in [-0.15, -0.1) is 0 Å². The fourth-order valence-electron chi connectivity index (χ4n) is 2.13. The maximum absolute atomic E-state index is 12.5. The van der Waals surface area contributed by atoms with E-state index in [4.69, 9.17) is 17.0 Å². The lowest BCUT2D eigenvalue weighted by molar-refractivity contribution is -0.122. The lowest BCUT2D eigenvalue weighted by atomic mass is 10.1. The van der Waals surface area contributed by atoms with E-state index in [1.807, 2.05) is 20.8 Å². The van der Waals surface area contributed by atoms with Crippen molar-refractivity contribution in [3.05, 3.63) is 27.1 Å². The first-order valence-electron chi connectivity index (χ1n) is 7.24. The molecule has 1 saturated heterocycles. The molecule has 0 saturated carbocycles. The highest BCUT2D eigenvalue weighted by Gasteiger charge is 2.32. The minimum Gasteiger partial charge on any atom is -0.504 e. The molecular weight excluding hydrogens is 398 g/mol. The number of amides is 1. The number of benzene rings is 1. The van der Waals surface area contributed by atoms with Gasteiger partial charge in [-0.3, -0.25) is 9.69 Å². The van der Waals surface area contributed by atoms with E-state index in [9.17, 15) is 9.90 Å². The molecule has 0 unspecified atom stereocenters. The third kappa shape index (κ3) is 4.28. The fourth-order valence-corrected chi connectivity index (χ4v) is 3.85. The standard InChI is InChI=1S/C16H18BrNO3S2/c1-4-21-12-7-11(17)5-10(14(12)19)6-13-15(20)18(8-9(2)3)16(22)23-13/h5-7,9,19H,4,8H2,1-3H3/b13-6+. The summed E-state index contributed by atoms with van der Waals surface area (Å²) < 4.78 is 6.72. The molecule has 0 aromatic heterocycles. The predicted molar refractivity (Wildman–Crippen MR) is 102 cm³/mol. The Kier molecular flexibility index (Phi) is 6.11. The van der Waals surface area contributed by atoms with E-state index in [2.05, 4.69) is 15.9 Å². The third-order valence-electron chi connectivity index (χ3n) is 3.08. The zero-order chi connectivity index (χ0) is 17.1. The van der Waals surface area contributed by atoms with Crippen LogP contribution in [0.3, 0.4) is 0 Å². The molecule has 4 nitrogen and oxygen atoms in total. The fraction of sp³-hybridized carbons (Fsp3) is 0.375. The van der Waals surface area contributed by atoms with Gasteiger partial charge in [-0.05, 0) is 31.1 Å². The van der Waals surface area contributed by atoms with Crippen LogP contribution >= 0.6 is 39.9 Å². The van der Waals surface area contributed by atoms with Crippen LogP contribution in [0.15, 0.2) is 21.5 Å². The Morgan fingerprint density at radius 2 is 2.17 bits per heavy atom. The van der Waals surface area contributed by atoms with Crippen LogP contribution in [0.25, 0.3) is 6.08 Å². The molecule has 0 atom stereocenters. The van der Waals surface area contributed by atoms with E-state index in [1.165, 1.54) is 11.8 Å². The number of thioether (sulfide) groups is 1. The van der Waals surface area contributed by atoms with Gasteiger partial charge in [0, 0.05) is 16.6 Å². The summed E-state index contributed by atoms with van der Waals surface area (Å²) in [6.07, 6.45) is 1.66. The Balaban J connectivity index is 2.36. The van der Waals surface area contributed by atoms with Gasteiger partial charge in [0.1, 0.15) is 4.32 Å². The second-order valence-corrected chi connectivity index (χ2v) is 8.05. The van der Waals surface area contributed by atoms with E-state index in [-0.39, 0.29) is 11.7 Å². The Morgan fingerprint density at radius 3 is 2.78 bits per heavy atom. The van der Waals surface area contributed by atoms with E-state index >= 15 is 0 Å². The van der Waals surface area contributed by atoms with Gasteiger partial charge < -0.3 is 9.84 Å². The molecule has 1 fully saturated rings. The minimum absolute atomic E-state index is 0.0178. The van der Waals surface area contributed by atoms with Gasteiger partial charge in [-0.1, -0.05) is 53.8 Å². The van der Waals surface area contributed by atoms with Gasteiger partial charge in [-0.25, -0.2) is 0 Å². The molecule has 1 aromatic carbocycles. The number of nitrogens with zero attached hydrogens (tertiary/aromatic N) is 1. The summed E-state index contributed by atoms with van der Waals surface area (Å²) in [7, 11) is 0. The zero-order valence-corrected chi connectivity index (χ0v) is 16.3. The van der Waals surface area contributed by atoms with Gasteiger partial charge in [-0.2, -0.15) is 0 Å². The monoisotopic (exact) mass is 415 g/mol. The highest BCUT2D eigenvalue weighted by Crippen LogP contribution is 2.39. The van der Waals surface area contributed by atoms with Crippen molar-refractivity contribution in [2.45, 2.75) is 20.8 Å². The van der Waals surface area contributed by atoms with Crippen LogP contribution in [0.2, 0.25) is 0 Å². The number of aromatic hydroxyl groups is 1. The minimum atomic E-state index is -0.119. The molecule has 0 bridgehead atoms. The topological polar surface area (TPSA) is 49.8 Å². The summed E-state index contributed by atoms with van der Waals surface area (Å²) in [5.74, 6) is 0.613. The summed E-state index contributed by atoms with van der Waals surface area (Å²) in [5.41, 5.74) is 0.521. The smallest absolute Gasteiger partial charge is 0.266 e. The largest absolute Gasteiger partial charge is 0.504 e. The van der Waals surface area contributed by atoms with Crippen molar-refractivity contribution in [2.24, 2.45) is 5.92 Å². The average molecular weight is 416 g/mol. The van der Waals surface area contributed by atoms with Gasteiger partial charge in [0.05, 0.1) is 11.5 Å². The molecule has 1 aliphatic heterocycles. The van der Waals surface area contributed by atoms with Gasteiger partial charge >= 0.3 is 0 Å². The second-order valence-electron chi connectivity index (χ2n) is 5.46. The maximum Gasteiger partial charge on any atom is 0.266 e. The summed E-state index contributed by atoms with van der Waals surface area (Å²) in [6, 6.07) is 3.44. The van der Waals surface area contributed by atoms with Crippen LogP contribution in [-0.2, 0) is 4.79 Å². The van der Waals surface area contributed by atoms with Gasteiger partial charge in [0.25, 0.3) is 5.91 Å². The number of hydrogen-bond donors (Lipinski definition) is 1. The van der Waals surface area contributed by atoms with Crippen LogP contribution in [0.1, 0.15) is 26.3 Å². The normalized spacial score (nSPS) is 16.7. The lowest BCUT2D eigenvalue weighted by Gasteiger charge is -2.16. The quantitative estimate of drug-likeness (QED) is 0.569. The molecule has 23 heavy (non-hydrogen) atoms. The first-order valence-corrected chi connectivity index (χ1v) is 9.26. The SMILES string of the molecule is CCOc1cc(Br)cc(/C=C2/SC(=S)N(CC(C)C)C2=O)c1O. The number of carbonyl (C=O) groups excluding carboxylic acids is 1. The third-order valence-corrected chi connectivity index (χ3v) is 4.91. The van der Waals surface area contributed by atoms with Crippen LogP contribution < -0.4 is 4.74 Å². The Labute approximate surface area is 154 Å². The molecular formula is C16H18BrNO3S2. The number of phenolic OH excluding ortho intramolecular Hbond substituents is 1. The molecule has 1 N–H and O–H groups in total. The van der Waals surface area contributed by atoms with Crippen LogP contribution in [-0.4, -0.2) is 33.4 Å². The zero-order valence-electron chi connectivity index (χ0n) is 13.1. The lowest BCUT2D eigenvalue weighted by Crippen LogP contribution is -2.31. The predicted octanol–water partition coefficient (Wildman–Crippen LogP) is 4.41. The number of phenols is 1. The van der Waals surface area contributed by atoms with Crippen molar-refractivity contribution in [2.75, 3.05) is 13.2 Å². The summed E-state index contributed by atoms with van der Waals surface area (Å²) in [5, 5.41) is 10.3. The number of halogens is 1. The number of hydrogen-bond acceptors (Lipinski definition) is 5. The van der Waals surface area contributed by atoms with Crippen molar-refractivity contribution in [3.63, 3.8) is 0 Å². The highest BCUT2D eigenvalue weighted by atomic mass is 79.9. The van der Waals surface area contributed by atoms with Gasteiger partial charge in [0.2, 0.25) is 0 Å². The Bertz CT molecular complexity index is 674. The first kappa shape index (κ1) is 18.3. The molecule has 1 heterocycles. The number of ether oxygens (including phenoxy) is 1. The van der Waals surface area contributed by atoms with Crippen molar-refractivity contribution >= 4 is 56.2 Å². The van der Waals surface area contributed by atoms with Crippen LogP contribution in [0, 0.1) is 5.92 Å². The molecule has 0 aliphatic carbocycles. The van der Waals surface area contributed by atoms with Crippen LogP contribution in [0.4, 0.5) is 0 Å². The molecule has 0 radical (unpaired) electrons. The summed E-state index contributed by atoms with van der Waals surface area (Å²) >= 11 is 9.93. The second kappa shape index (κ2) is 7.68. The molecule has 124 valence electrons. The molecule has 1 aromatic rings. The summed E-state index contributed by atoms with van der Waals surface area (Å²) in [6.45, 7) is 6.96. The molecule has 1 amide bonds. The van der Waals surface area contributed by atoms with Gasteiger partial charge in [0.15, 0.2) is 11.5 Å². The van der Waals surface area contributed by atoms with Crippen LogP contribution in [0.5, 0.6) is 11.5 Å². The number of thiocarbonyl (C=S) groups is 1. The van der Waals surface area contributed by atoms with Crippen molar-refractivity contribution in [3.8, 4) is 11.5 Å². The van der Waals surface area contributed by atoms with Crippen molar-refractivity contribution in [1.29, 1.82) is 0 Å². The number of rotatable bonds is 5.